The van der Waals surface area contributed by atoms with E-state index in [0.29, 0.717) is 17.0 Å². The second-order valence-corrected chi connectivity index (χ2v) is 4.17. The van der Waals surface area contributed by atoms with Crippen molar-refractivity contribution in [2.45, 2.75) is 5.22 Å². The van der Waals surface area contributed by atoms with Crippen molar-refractivity contribution in [3.05, 3.63) is 29.8 Å². The van der Waals surface area contributed by atoms with Crippen molar-refractivity contribution >= 4 is 17.7 Å². The SMILES string of the molecule is N#Cc1ccc(-c2nnc(SCC(=O)O)o2)cc1. The summed E-state index contributed by atoms with van der Waals surface area (Å²) in [5.41, 5.74) is 1.22. The molecule has 1 heterocycles. The van der Waals surface area contributed by atoms with Crippen LogP contribution < -0.4 is 0 Å². The Hall–Kier alpha value is -2.33. The van der Waals surface area contributed by atoms with Crippen LogP contribution in [0.4, 0.5) is 0 Å². The number of nitriles is 1. The number of aliphatic carboxylic acids is 1. The van der Waals surface area contributed by atoms with Crippen LogP contribution in [0, 0.1) is 11.3 Å². The maximum atomic E-state index is 10.4. The topological polar surface area (TPSA) is 100 Å². The molecule has 1 aromatic heterocycles. The number of aromatic nitrogens is 2. The molecule has 0 aliphatic rings. The molecule has 0 amide bonds. The van der Waals surface area contributed by atoms with E-state index in [-0.39, 0.29) is 11.0 Å². The van der Waals surface area contributed by atoms with Crippen LogP contribution in [0.15, 0.2) is 33.9 Å². The molecule has 0 aliphatic heterocycles. The van der Waals surface area contributed by atoms with Crippen LogP contribution in [0.3, 0.4) is 0 Å². The lowest BCUT2D eigenvalue weighted by Crippen LogP contribution is -1.97. The molecular weight excluding hydrogens is 254 g/mol. The summed E-state index contributed by atoms with van der Waals surface area (Å²) in [6.07, 6.45) is 0. The summed E-state index contributed by atoms with van der Waals surface area (Å²) in [5.74, 6) is -0.778. The first kappa shape index (κ1) is 12.1. The van der Waals surface area contributed by atoms with Crippen molar-refractivity contribution in [1.82, 2.24) is 10.2 Å². The molecule has 7 heteroatoms. The fraction of sp³-hybridized carbons (Fsp3) is 0.0909. The zero-order chi connectivity index (χ0) is 13.0. The molecule has 18 heavy (non-hydrogen) atoms. The third kappa shape index (κ3) is 2.87. The van der Waals surface area contributed by atoms with E-state index in [1.165, 1.54) is 0 Å². The monoisotopic (exact) mass is 261 g/mol. The van der Waals surface area contributed by atoms with Gasteiger partial charge in [0.05, 0.1) is 11.6 Å². The zero-order valence-corrected chi connectivity index (χ0v) is 9.85. The van der Waals surface area contributed by atoms with Gasteiger partial charge < -0.3 is 9.52 Å². The zero-order valence-electron chi connectivity index (χ0n) is 9.03. The number of thioether (sulfide) groups is 1. The van der Waals surface area contributed by atoms with Crippen LogP contribution in [-0.2, 0) is 4.79 Å². The fourth-order valence-electron chi connectivity index (χ4n) is 1.20. The van der Waals surface area contributed by atoms with E-state index in [1.807, 2.05) is 6.07 Å². The van der Waals surface area contributed by atoms with Crippen LogP contribution in [0.25, 0.3) is 11.5 Å². The Morgan fingerprint density at radius 2 is 2.11 bits per heavy atom. The minimum absolute atomic E-state index is 0.130. The van der Waals surface area contributed by atoms with Crippen molar-refractivity contribution in [3.63, 3.8) is 0 Å². The number of carbonyl (C=O) groups is 1. The molecule has 2 aromatic rings. The minimum Gasteiger partial charge on any atom is -0.481 e. The Balaban J connectivity index is 2.13. The molecule has 2 rings (SSSR count). The molecule has 0 bridgehead atoms. The van der Waals surface area contributed by atoms with Crippen LogP contribution in [0.2, 0.25) is 0 Å². The molecule has 6 nitrogen and oxygen atoms in total. The van der Waals surface area contributed by atoms with Crippen LogP contribution >= 0.6 is 11.8 Å². The van der Waals surface area contributed by atoms with Gasteiger partial charge in [-0.2, -0.15) is 5.26 Å². The number of benzene rings is 1. The average Bonchev–Trinajstić information content (AvgIpc) is 2.85. The quantitative estimate of drug-likeness (QED) is 0.837. The average molecular weight is 261 g/mol. The summed E-state index contributed by atoms with van der Waals surface area (Å²) in [4.78, 5) is 10.4. The maximum absolute atomic E-state index is 10.4. The maximum Gasteiger partial charge on any atom is 0.314 e. The predicted octanol–water partition coefficient (Wildman–Crippen LogP) is 1.78. The van der Waals surface area contributed by atoms with Gasteiger partial charge in [0.2, 0.25) is 5.89 Å². The molecule has 1 aromatic carbocycles. The van der Waals surface area contributed by atoms with E-state index in [0.717, 1.165) is 11.8 Å². The number of carboxylic acid groups (broad SMARTS) is 1. The normalized spacial score (nSPS) is 9.94. The Bertz CT molecular complexity index is 601. The van der Waals surface area contributed by atoms with Crippen molar-refractivity contribution < 1.29 is 14.3 Å². The van der Waals surface area contributed by atoms with Gasteiger partial charge in [0, 0.05) is 5.56 Å². The smallest absolute Gasteiger partial charge is 0.314 e. The highest BCUT2D eigenvalue weighted by molar-refractivity contribution is 7.99. The van der Waals surface area contributed by atoms with Gasteiger partial charge in [-0.1, -0.05) is 11.8 Å². The Morgan fingerprint density at radius 1 is 1.39 bits per heavy atom. The fourth-order valence-corrected chi connectivity index (χ4v) is 1.68. The molecule has 0 aliphatic carbocycles. The highest BCUT2D eigenvalue weighted by Crippen LogP contribution is 2.23. The van der Waals surface area contributed by atoms with Crippen molar-refractivity contribution in [3.8, 4) is 17.5 Å². The summed E-state index contributed by atoms with van der Waals surface area (Å²) in [6, 6.07) is 8.68. The lowest BCUT2D eigenvalue weighted by molar-refractivity contribution is -0.133. The van der Waals surface area contributed by atoms with Gasteiger partial charge in [0.15, 0.2) is 0 Å². The van der Waals surface area contributed by atoms with Crippen molar-refractivity contribution in [2.24, 2.45) is 0 Å². The van der Waals surface area contributed by atoms with Gasteiger partial charge in [-0.3, -0.25) is 4.79 Å². The molecular formula is C11H7N3O3S. The molecule has 0 spiro atoms. The standard InChI is InChI=1S/C11H7N3O3S/c12-5-7-1-3-8(4-2-7)10-13-14-11(17-10)18-6-9(15)16/h1-4H,6H2,(H,15,16). The highest BCUT2D eigenvalue weighted by Gasteiger charge is 2.10. The number of nitrogens with zero attached hydrogens (tertiary/aromatic N) is 3. The number of hydrogen-bond acceptors (Lipinski definition) is 6. The van der Waals surface area contributed by atoms with E-state index >= 15 is 0 Å². The third-order valence-corrected chi connectivity index (χ3v) is 2.79. The van der Waals surface area contributed by atoms with E-state index in [4.69, 9.17) is 14.8 Å². The lowest BCUT2D eigenvalue weighted by Gasteiger charge is -1.94. The molecule has 90 valence electrons. The minimum atomic E-state index is -0.946. The van der Waals surface area contributed by atoms with E-state index in [2.05, 4.69) is 10.2 Å². The Labute approximate surface area is 106 Å². The molecule has 0 radical (unpaired) electrons. The highest BCUT2D eigenvalue weighted by atomic mass is 32.2. The largest absolute Gasteiger partial charge is 0.481 e. The first-order valence-electron chi connectivity index (χ1n) is 4.87. The van der Waals surface area contributed by atoms with Gasteiger partial charge in [0.25, 0.3) is 5.22 Å². The molecule has 0 atom stereocenters. The van der Waals surface area contributed by atoms with Gasteiger partial charge in [-0.25, -0.2) is 0 Å². The number of rotatable bonds is 4. The van der Waals surface area contributed by atoms with Crippen molar-refractivity contribution in [2.75, 3.05) is 5.75 Å². The summed E-state index contributed by atoms with van der Waals surface area (Å²) in [7, 11) is 0. The van der Waals surface area contributed by atoms with Gasteiger partial charge in [-0.15, -0.1) is 10.2 Å². The molecule has 0 fully saturated rings. The first-order valence-corrected chi connectivity index (χ1v) is 5.86. The van der Waals surface area contributed by atoms with Crippen LogP contribution in [0.5, 0.6) is 0 Å². The Morgan fingerprint density at radius 3 is 2.72 bits per heavy atom. The molecule has 0 unspecified atom stereocenters. The van der Waals surface area contributed by atoms with E-state index in [1.54, 1.807) is 24.3 Å². The molecule has 1 N–H and O–H groups in total. The summed E-state index contributed by atoms with van der Waals surface area (Å²) in [5, 5.41) is 24.9. The van der Waals surface area contributed by atoms with Gasteiger partial charge in [0.1, 0.15) is 5.75 Å². The van der Waals surface area contributed by atoms with Gasteiger partial charge >= 0.3 is 5.97 Å². The van der Waals surface area contributed by atoms with E-state index < -0.39 is 5.97 Å². The third-order valence-electron chi connectivity index (χ3n) is 1.99. The summed E-state index contributed by atoms with van der Waals surface area (Å²) >= 11 is 0.960. The van der Waals surface area contributed by atoms with E-state index in [9.17, 15) is 4.79 Å². The second-order valence-electron chi connectivity index (χ2n) is 3.24. The van der Waals surface area contributed by atoms with Crippen molar-refractivity contribution in [1.29, 1.82) is 5.26 Å². The lowest BCUT2D eigenvalue weighted by atomic mass is 10.1. The van der Waals surface area contributed by atoms with Crippen LogP contribution in [0.1, 0.15) is 5.56 Å². The second kappa shape index (κ2) is 5.33. The summed E-state index contributed by atoms with van der Waals surface area (Å²) < 4.78 is 5.29. The molecule has 0 saturated carbocycles. The first-order chi connectivity index (χ1) is 8.69. The summed E-state index contributed by atoms with van der Waals surface area (Å²) in [6.45, 7) is 0. The Kier molecular flexibility index (Phi) is 3.60. The van der Waals surface area contributed by atoms with Crippen LogP contribution in [-0.4, -0.2) is 27.0 Å². The predicted molar refractivity (Wildman–Crippen MR) is 62.8 cm³/mol. The number of carboxylic acids is 1. The van der Waals surface area contributed by atoms with Gasteiger partial charge in [-0.05, 0) is 24.3 Å². The molecule has 0 saturated heterocycles. The number of hydrogen-bond donors (Lipinski definition) is 1.